The quantitative estimate of drug-likeness (QED) is 0.340. The van der Waals surface area contributed by atoms with Crippen LogP contribution in [0.25, 0.3) is 11.0 Å². The van der Waals surface area contributed by atoms with Crippen molar-refractivity contribution < 1.29 is 29.0 Å². The van der Waals surface area contributed by atoms with Crippen LogP contribution < -0.4 is 10.6 Å². The van der Waals surface area contributed by atoms with Gasteiger partial charge in [-0.25, -0.2) is 9.97 Å². The number of benzene rings is 1. The first-order valence-corrected chi connectivity index (χ1v) is 9.57. The molecule has 0 fully saturated rings. The minimum absolute atomic E-state index is 0.0883. The minimum atomic E-state index is -0.603. The van der Waals surface area contributed by atoms with Crippen molar-refractivity contribution in [3.05, 3.63) is 42.1 Å². The van der Waals surface area contributed by atoms with E-state index >= 15 is 0 Å². The van der Waals surface area contributed by atoms with Crippen molar-refractivity contribution >= 4 is 34.7 Å². The maximum atomic E-state index is 12.2. The van der Waals surface area contributed by atoms with Crippen molar-refractivity contribution in [2.75, 3.05) is 32.8 Å². The van der Waals surface area contributed by atoms with Crippen LogP contribution in [0.4, 0.5) is 0 Å². The molecule has 1 aromatic carbocycles. The van der Waals surface area contributed by atoms with Crippen molar-refractivity contribution in [3.8, 4) is 5.88 Å². The van der Waals surface area contributed by atoms with Crippen LogP contribution in [-0.4, -0.2) is 76.5 Å². The van der Waals surface area contributed by atoms with Crippen molar-refractivity contribution in [2.45, 2.75) is 6.42 Å². The Labute approximate surface area is 177 Å². The Morgan fingerprint density at radius 2 is 1.61 bits per heavy atom. The second-order valence-electron chi connectivity index (χ2n) is 6.51. The molecule has 2 heterocycles. The van der Waals surface area contributed by atoms with Gasteiger partial charge in [-0.3, -0.25) is 24.1 Å². The predicted octanol–water partition coefficient (Wildman–Crippen LogP) is -0.487. The molecule has 0 saturated carbocycles. The van der Waals surface area contributed by atoms with E-state index in [2.05, 4.69) is 20.6 Å². The van der Waals surface area contributed by atoms with Gasteiger partial charge in [0, 0.05) is 31.7 Å². The maximum Gasteiger partial charge on any atom is 0.275 e. The number of rotatable bonds is 10. The number of imide groups is 1. The van der Waals surface area contributed by atoms with Gasteiger partial charge in [0.05, 0.1) is 30.8 Å². The number of carbonyl (C=O) groups excluding carboxylic acids is 4. The molecule has 0 unspecified atom stereocenters. The Kier molecular flexibility index (Phi) is 7.22. The van der Waals surface area contributed by atoms with E-state index in [0.717, 1.165) is 4.90 Å². The fourth-order valence-corrected chi connectivity index (χ4v) is 2.77. The topological polar surface area (TPSA) is 151 Å². The van der Waals surface area contributed by atoms with E-state index in [-0.39, 0.29) is 62.7 Å². The lowest BCUT2D eigenvalue weighted by atomic mass is 10.3. The summed E-state index contributed by atoms with van der Waals surface area (Å²) >= 11 is 0. The van der Waals surface area contributed by atoms with Gasteiger partial charge in [0.1, 0.15) is 0 Å². The number of para-hydroxylation sites is 2. The lowest BCUT2D eigenvalue weighted by Gasteiger charge is -2.13. The van der Waals surface area contributed by atoms with Crippen LogP contribution in [0.5, 0.6) is 5.88 Å². The fourth-order valence-electron chi connectivity index (χ4n) is 2.77. The van der Waals surface area contributed by atoms with Crippen molar-refractivity contribution in [3.63, 3.8) is 0 Å². The second kappa shape index (κ2) is 10.3. The number of hydrogen-bond acceptors (Lipinski definition) is 8. The Hall–Kier alpha value is -3.86. The van der Waals surface area contributed by atoms with Crippen molar-refractivity contribution in [1.82, 2.24) is 25.5 Å². The number of hydrogen-bond donors (Lipinski definition) is 3. The third kappa shape index (κ3) is 5.82. The third-order valence-electron chi connectivity index (χ3n) is 4.33. The summed E-state index contributed by atoms with van der Waals surface area (Å²) in [6.07, 6.45) is 2.48. The smallest absolute Gasteiger partial charge is 0.275 e. The van der Waals surface area contributed by atoms with Crippen molar-refractivity contribution in [1.29, 1.82) is 0 Å². The molecule has 11 heteroatoms. The summed E-state index contributed by atoms with van der Waals surface area (Å²) in [5, 5.41) is 15.1. The fraction of sp³-hybridized carbons (Fsp3) is 0.300. The molecule has 0 spiro atoms. The number of nitrogens with zero attached hydrogens (tertiary/aromatic N) is 3. The Morgan fingerprint density at radius 1 is 0.968 bits per heavy atom. The second-order valence-corrected chi connectivity index (χ2v) is 6.51. The van der Waals surface area contributed by atoms with Crippen LogP contribution in [0.3, 0.4) is 0 Å². The van der Waals surface area contributed by atoms with E-state index in [4.69, 9.17) is 4.74 Å². The normalized spacial score (nSPS) is 13.1. The number of aromatic nitrogens is 2. The summed E-state index contributed by atoms with van der Waals surface area (Å²) in [5.41, 5.74) is 0.762. The molecule has 2 aromatic rings. The number of carbonyl (C=O) groups is 4. The van der Waals surface area contributed by atoms with E-state index in [9.17, 15) is 24.3 Å². The monoisotopic (exact) mass is 427 g/mol. The summed E-state index contributed by atoms with van der Waals surface area (Å²) < 4.78 is 5.27. The number of aromatic hydroxyl groups is 1. The zero-order chi connectivity index (χ0) is 22.2. The molecule has 0 aliphatic carbocycles. The molecule has 11 nitrogen and oxygen atoms in total. The van der Waals surface area contributed by atoms with E-state index < -0.39 is 11.8 Å². The molecule has 0 atom stereocenters. The molecule has 1 aliphatic rings. The Morgan fingerprint density at radius 3 is 2.32 bits per heavy atom. The van der Waals surface area contributed by atoms with Crippen LogP contribution in [0.15, 0.2) is 36.4 Å². The lowest BCUT2D eigenvalue weighted by Crippen LogP contribution is -2.35. The highest BCUT2D eigenvalue weighted by molar-refractivity contribution is 6.12. The van der Waals surface area contributed by atoms with Gasteiger partial charge in [0.15, 0.2) is 5.69 Å². The van der Waals surface area contributed by atoms with Crippen LogP contribution in [0, 0.1) is 0 Å². The molecule has 0 radical (unpaired) electrons. The molecule has 3 rings (SSSR count). The number of nitrogens with one attached hydrogen (secondary N) is 2. The summed E-state index contributed by atoms with van der Waals surface area (Å²) in [5.74, 6) is -2.11. The first-order valence-electron chi connectivity index (χ1n) is 9.57. The third-order valence-corrected chi connectivity index (χ3v) is 4.33. The molecule has 1 aromatic heterocycles. The van der Waals surface area contributed by atoms with Crippen LogP contribution >= 0.6 is 0 Å². The van der Waals surface area contributed by atoms with Crippen LogP contribution in [0.1, 0.15) is 16.9 Å². The highest BCUT2D eigenvalue weighted by Crippen LogP contribution is 2.17. The lowest BCUT2D eigenvalue weighted by molar-refractivity contribution is -0.138. The summed E-state index contributed by atoms with van der Waals surface area (Å²) in [6.45, 7) is 0.699. The molecule has 4 amide bonds. The van der Waals surface area contributed by atoms with E-state index in [1.165, 1.54) is 12.2 Å². The molecular formula is C20H21N5O6. The van der Waals surface area contributed by atoms with Gasteiger partial charge in [-0.05, 0) is 12.1 Å². The highest BCUT2D eigenvalue weighted by atomic mass is 16.5. The van der Waals surface area contributed by atoms with Gasteiger partial charge in [0.2, 0.25) is 11.8 Å². The van der Waals surface area contributed by atoms with Gasteiger partial charge in [-0.2, -0.15) is 0 Å². The van der Waals surface area contributed by atoms with Crippen molar-refractivity contribution in [2.24, 2.45) is 0 Å². The summed E-state index contributed by atoms with van der Waals surface area (Å²) in [7, 11) is 0. The molecule has 162 valence electrons. The average Bonchev–Trinajstić information content (AvgIpc) is 3.07. The molecule has 0 bridgehead atoms. The molecular weight excluding hydrogens is 406 g/mol. The largest absolute Gasteiger partial charge is 0.492 e. The first-order chi connectivity index (χ1) is 15.0. The minimum Gasteiger partial charge on any atom is -0.492 e. The summed E-state index contributed by atoms with van der Waals surface area (Å²) in [6, 6.07) is 6.85. The maximum absolute atomic E-state index is 12.2. The Balaban J connectivity index is 1.30. The zero-order valence-corrected chi connectivity index (χ0v) is 16.5. The molecule has 1 aliphatic heterocycles. The highest BCUT2D eigenvalue weighted by Gasteiger charge is 2.22. The average molecular weight is 427 g/mol. The summed E-state index contributed by atoms with van der Waals surface area (Å²) in [4.78, 5) is 55.8. The van der Waals surface area contributed by atoms with Gasteiger partial charge in [0.25, 0.3) is 17.7 Å². The van der Waals surface area contributed by atoms with E-state index in [1.807, 2.05) is 0 Å². The van der Waals surface area contributed by atoms with Crippen LogP contribution in [0.2, 0.25) is 0 Å². The zero-order valence-electron chi connectivity index (χ0n) is 16.5. The number of ether oxygens (including phenoxy) is 1. The number of fused-ring (bicyclic) bond motifs is 1. The van der Waals surface area contributed by atoms with E-state index in [0.29, 0.717) is 11.0 Å². The van der Waals surface area contributed by atoms with Gasteiger partial charge >= 0.3 is 0 Å². The predicted molar refractivity (Wildman–Crippen MR) is 108 cm³/mol. The molecule has 0 saturated heterocycles. The standard InChI is InChI=1S/C20H21N5O6/c26-15(7-11-31-12-10-25-16(27)5-6-17(25)28)21-8-9-22-19(29)18-20(30)24-14-4-2-1-3-13(14)23-18/h1-6H,7-12H2,(H,21,26)(H,22,29)(H,24,30). The number of amides is 4. The van der Waals surface area contributed by atoms with E-state index in [1.54, 1.807) is 24.3 Å². The Bertz CT molecular complexity index is 1020. The molecule has 31 heavy (non-hydrogen) atoms. The van der Waals surface area contributed by atoms with Gasteiger partial charge in [-0.1, -0.05) is 12.1 Å². The SMILES string of the molecule is O=C(CCOCCN1C(=O)C=CC1=O)NCCNC(=O)c1nc2ccccc2nc1O. The van der Waals surface area contributed by atoms with Gasteiger partial charge in [-0.15, -0.1) is 0 Å². The van der Waals surface area contributed by atoms with Crippen LogP contribution in [-0.2, 0) is 19.1 Å². The molecule has 3 N–H and O–H groups in total. The first kappa shape index (κ1) is 21.8. The van der Waals surface area contributed by atoms with Gasteiger partial charge < -0.3 is 20.5 Å².